The quantitative estimate of drug-likeness (QED) is 0.479. The van der Waals surface area contributed by atoms with E-state index in [1.165, 1.54) is 0 Å². The summed E-state index contributed by atoms with van der Waals surface area (Å²) in [5.41, 5.74) is 1.04. The van der Waals surface area contributed by atoms with Gasteiger partial charge >= 0.3 is 0 Å². The normalized spacial score (nSPS) is 22.9. The zero-order valence-corrected chi connectivity index (χ0v) is 7.32. The molecule has 0 spiro atoms. The van der Waals surface area contributed by atoms with E-state index in [0.717, 1.165) is 31.5 Å². The molecule has 64 valence electrons. The third-order valence-electron chi connectivity index (χ3n) is 1.99. The summed E-state index contributed by atoms with van der Waals surface area (Å²) in [6.07, 6.45) is 2.22. The number of hydrogen-bond donors (Lipinski definition) is 2. The van der Waals surface area contributed by atoms with Crippen LogP contribution in [0.25, 0.3) is 0 Å². The van der Waals surface area contributed by atoms with Crippen LogP contribution in [-0.2, 0) is 10.8 Å². The van der Waals surface area contributed by atoms with Gasteiger partial charge in [0.25, 0.3) is 0 Å². The van der Waals surface area contributed by atoms with Gasteiger partial charge in [-0.15, -0.1) is 0 Å². The molecule has 1 unspecified atom stereocenters. The maximum atomic E-state index is 10.9. The van der Waals surface area contributed by atoms with Gasteiger partial charge in [0.15, 0.2) is 0 Å². The fourth-order valence-electron chi connectivity index (χ4n) is 1.33. The fourth-order valence-corrected chi connectivity index (χ4v) is 2.22. The molecule has 1 fully saturated rings. The Labute approximate surface area is 69.5 Å². The summed E-state index contributed by atoms with van der Waals surface area (Å²) >= 11 is 0. The second-order valence-electron chi connectivity index (χ2n) is 2.86. The van der Waals surface area contributed by atoms with E-state index in [2.05, 4.69) is 5.32 Å². The van der Waals surface area contributed by atoms with E-state index < -0.39 is 10.8 Å². The lowest BCUT2D eigenvalue weighted by Gasteiger charge is -2.20. The molecule has 0 bridgehead atoms. The largest absolute Gasteiger partial charge is 0.317 e. The van der Waals surface area contributed by atoms with Crippen molar-refractivity contribution in [1.29, 1.82) is 5.41 Å². The molecular formula is C7H14N2OS. The van der Waals surface area contributed by atoms with Gasteiger partial charge in [0.05, 0.1) is 16.3 Å². The highest BCUT2D eigenvalue weighted by molar-refractivity contribution is 7.98. The Kier molecular flexibility index (Phi) is 3.72. The molecule has 3 nitrogen and oxygen atoms in total. The summed E-state index contributed by atoms with van der Waals surface area (Å²) in [4.78, 5) is 0. The van der Waals surface area contributed by atoms with Crippen molar-refractivity contribution in [3.63, 3.8) is 0 Å². The Morgan fingerprint density at radius 2 is 2.18 bits per heavy atom. The van der Waals surface area contributed by atoms with Crippen molar-refractivity contribution >= 4 is 16.3 Å². The Morgan fingerprint density at radius 1 is 1.55 bits per heavy atom. The molecule has 0 aliphatic carbocycles. The SMILES string of the molecule is N=CS(=O)CC1CCNCC1. The molecule has 11 heavy (non-hydrogen) atoms. The number of piperidine rings is 1. The minimum absolute atomic E-state index is 0.568. The van der Waals surface area contributed by atoms with E-state index in [9.17, 15) is 4.21 Å². The summed E-state index contributed by atoms with van der Waals surface area (Å²) < 4.78 is 10.9. The molecule has 4 heteroatoms. The second kappa shape index (κ2) is 4.62. The molecule has 0 aromatic carbocycles. The first-order valence-electron chi connectivity index (χ1n) is 3.91. The minimum Gasteiger partial charge on any atom is -0.317 e. The maximum Gasteiger partial charge on any atom is 0.0818 e. The van der Waals surface area contributed by atoms with E-state index in [1.807, 2.05) is 0 Å². The van der Waals surface area contributed by atoms with Gasteiger partial charge in [-0.05, 0) is 31.8 Å². The average molecular weight is 174 g/mol. The van der Waals surface area contributed by atoms with E-state index >= 15 is 0 Å². The van der Waals surface area contributed by atoms with Gasteiger partial charge in [0, 0.05) is 5.75 Å². The fraction of sp³-hybridized carbons (Fsp3) is 0.857. The molecule has 0 aromatic rings. The van der Waals surface area contributed by atoms with Crippen molar-refractivity contribution in [2.24, 2.45) is 5.92 Å². The third-order valence-corrected chi connectivity index (χ3v) is 3.05. The van der Waals surface area contributed by atoms with Crippen LogP contribution in [0.1, 0.15) is 12.8 Å². The van der Waals surface area contributed by atoms with Gasteiger partial charge < -0.3 is 5.32 Å². The molecule has 0 saturated carbocycles. The van der Waals surface area contributed by atoms with Crippen LogP contribution in [0.2, 0.25) is 0 Å². The smallest absolute Gasteiger partial charge is 0.0818 e. The Bertz CT molecular complexity index is 155. The van der Waals surface area contributed by atoms with Gasteiger partial charge in [0.2, 0.25) is 0 Å². The highest BCUT2D eigenvalue weighted by atomic mass is 32.2. The first-order valence-corrected chi connectivity index (χ1v) is 5.29. The number of rotatable bonds is 3. The predicted octanol–water partition coefficient (Wildman–Crippen LogP) is 0.342. The molecule has 1 aliphatic rings. The molecule has 0 radical (unpaired) electrons. The summed E-state index contributed by atoms with van der Waals surface area (Å²) in [5.74, 6) is 1.25. The van der Waals surface area contributed by atoms with Crippen LogP contribution in [0.3, 0.4) is 0 Å². The topological polar surface area (TPSA) is 53.0 Å². The zero-order valence-electron chi connectivity index (χ0n) is 6.51. The lowest BCUT2D eigenvalue weighted by Crippen LogP contribution is -2.30. The summed E-state index contributed by atoms with van der Waals surface area (Å²) in [7, 11) is -1.01. The predicted molar refractivity (Wildman–Crippen MR) is 47.4 cm³/mol. The minimum atomic E-state index is -1.01. The van der Waals surface area contributed by atoms with E-state index in [4.69, 9.17) is 5.41 Å². The Morgan fingerprint density at radius 3 is 2.73 bits per heavy atom. The standard InChI is InChI=1S/C7H14N2OS/c8-6-11(10)5-7-1-3-9-4-2-7/h6-9H,1-5H2. The molecule has 0 aromatic heterocycles. The van der Waals surface area contributed by atoms with Crippen LogP contribution >= 0.6 is 0 Å². The van der Waals surface area contributed by atoms with Crippen LogP contribution in [0, 0.1) is 11.3 Å². The van der Waals surface area contributed by atoms with Crippen LogP contribution in [0.15, 0.2) is 0 Å². The van der Waals surface area contributed by atoms with Crippen LogP contribution < -0.4 is 5.32 Å². The number of hydrogen-bond acceptors (Lipinski definition) is 3. The zero-order chi connectivity index (χ0) is 8.10. The Balaban J connectivity index is 2.24. The average Bonchev–Trinajstić information content (AvgIpc) is 2.06. The molecule has 2 N–H and O–H groups in total. The summed E-state index contributed by atoms with van der Waals surface area (Å²) in [5, 5.41) is 10.0. The molecule has 1 aliphatic heterocycles. The van der Waals surface area contributed by atoms with Gasteiger partial charge in [-0.25, -0.2) is 0 Å². The van der Waals surface area contributed by atoms with Crippen molar-refractivity contribution in [1.82, 2.24) is 5.32 Å². The van der Waals surface area contributed by atoms with E-state index in [1.54, 1.807) is 0 Å². The summed E-state index contributed by atoms with van der Waals surface area (Å²) in [6.45, 7) is 2.08. The first-order chi connectivity index (χ1) is 5.33. The summed E-state index contributed by atoms with van der Waals surface area (Å²) in [6, 6.07) is 0. The van der Waals surface area contributed by atoms with Crippen molar-refractivity contribution < 1.29 is 4.21 Å². The lowest BCUT2D eigenvalue weighted by molar-refractivity contribution is 0.406. The van der Waals surface area contributed by atoms with Crippen LogP contribution in [0.5, 0.6) is 0 Å². The maximum absolute atomic E-state index is 10.9. The second-order valence-corrected chi connectivity index (χ2v) is 4.19. The van der Waals surface area contributed by atoms with E-state index in [-0.39, 0.29) is 0 Å². The molecular weight excluding hydrogens is 160 g/mol. The number of nitrogens with one attached hydrogen (secondary N) is 2. The van der Waals surface area contributed by atoms with Crippen LogP contribution in [-0.4, -0.2) is 28.6 Å². The van der Waals surface area contributed by atoms with Gasteiger partial charge in [-0.1, -0.05) is 0 Å². The first kappa shape index (κ1) is 8.87. The highest BCUT2D eigenvalue weighted by Crippen LogP contribution is 2.11. The molecule has 1 rings (SSSR count). The van der Waals surface area contributed by atoms with Gasteiger partial charge in [-0.3, -0.25) is 9.62 Å². The molecule has 0 amide bonds. The molecule has 1 saturated heterocycles. The highest BCUT2D eigenvalue weighted by Gasteiger charge is 2.14. The molecule has 1 heterocycles. The lowest BCUT2D eigenvalue weighted by atomic mass is 10.0. The van der Waals surface area contributed by atoms with Gasteiger partial charge in [0.1, 0.15) is 0 Å². The van der Waals surface area contributed by atoms with Crippen LogP contribution in [0.4, 0.5) is 0 Å². The Hall–Kier alpha value is -0.220. The van der Waals surface area contributed by atoms with Crippen molar-refractivity contribution in [3.05, 3.63) is 0 Å². The monoisotopic (exact) mass is 174 g/mol. The van der Waals surface area contributed by atoms with Gasteiger partial charge in [-0.2, -0.15) is 0 Å². The third kappa shape index (κ3) is 3.12. The van der Waals surface area contributed by atoms with Crippen molar-refractivity contribution in [3.8, 4) is 0 Å². The molecule has 1 atom stereocenters. The van der Waals surface area contributed by atoms with Crippen molar-refractivity contribution in [2.45, 2.75) is 12.8 Å². The van der Waals surface area contributed by atoms with Crippen molar-refractivity contribution in [2.75, 3.05) is 18.8 Å². The van der Waals surface area contributed by atoms with E-state index in [0.29, 0.717) is 11.7 Å².